The fourth-order valence-electron chi connectivity index (χ4n) is 2.19. The number of carbonyl (C=O) groups is 2. The summed E-state index contributed by atoms with van der Waals surface area (Å²) in [7, 11) is 0. The van der Waals surface area contributed by atoms with E-state index < -0.39 is 5.97 Å². The molecular formula is C18H16N2O5S. The molecule has 8 heteroatoms. The van der Waals surface area contributed by atoms with Gasteiger partial charge in [-0.1, -0.05) is 17.3 Å². The summed E-state index contributed by atoms with van der Waals surface area (Å²) < 4.78 is 15.8. The predicted molar refractivity (Wildman–Crippen MR) is 94.3 cm³/mol. The van der Waals surface area contributed by atoms with Gasteiger partial charge in [0.05, 0.1) is 17.0 Å². The normalized spacial score (nSPS) is 10.5. The number of Topliss-reactive ketones (excluding diaryl/α,β-unsaturated/α-hetero) is 1. The van der Waals surface area contributed by atoms with Crippen LogP contribution in [0.15, 0.2) is 40.9 Å². The quantitative estimate of drug-likeness (QED) is 0.460. The predicted octanol–water partition coefficient (Wildman–Crippen LogP) is 3.76. The molecule has 0 radical (unpaired) electrons. The molecule has 134 valence electrons. The van der Waals surface area contributed by atoms with Crippen molar-refractivity contribution in [3.8, 4) is 17.1 Å². The maximum absolute atomic E-state index is 12.0. The number of ether oxygens (including phenoxy) is 2. The Morgan fingerprint density at radius 1 is 1.15 bits per heavy atom. The molecule has 0 fully saturated rings. The van der Waals surface area contributed by atoms with E-state index in [0.29, 0.717) is 33.5 Å². The van der Waals surface area contributed by atoms with Crippen molar-refractivity contribution in [2.24, 2.45) is 0 Å². The van der Waals surface area contributed by atoms with Crippen molar-refractivity contribution in [2.45, 2.75) is 20.5 Å². The van der Waals surface area contributed by atoms with Gasteiger partial charge in [-0.3, -0.25) is 4.79 Å². The number of benzene rings is 1. The average molecular weight is 372 g/mol. The van der Waals surface area contributed by atoms with Crippen LogP contribution in [-0.4, -0.2) is 28.5 Å². The van der Waals surface area contributed by atoms with Crippen molar-refractivity contribution < 1.29 is 23.6 Å². The first-order valence-corrected chi connectivity index (χ1v) is 8.72. The SMILES string of the molecule is CCOc1ccccc1-c1noc(COC(=O)c2ccc(C(C)=O)s2)n1. The summed E-state index contributed by atoms with van der Waals surface area (Å²) in [6, 6.07) is 10.5. The Labute approximate surface area is 153 Å². The summed E-state index contributed by atoms with van der Waals surface area (Å²) >= 11 is 1.09. The zero-order valence-corrected chi connectivity index (χ0v) is 15.0. The standard InChI is InChI=1S/C18H16N2O5S/c1-3-23-13-7-5-4-6-12(13)17-19-16(25-20-17)10-24-18(22)15-9-8-14(26-15)11(2)21/h4-9H,3,10H2,1-2H3. The van der Waals surface area contributed by atoms with Crippen LogP contribution < -0.4 is 4.74 Å². The van der Waals surface area contributed by atoms with Gasteiger partial charge in [0, 0.05) is 0 Å². The third kappa shape index (κ3) is 3.97. The summed E-state index contributed by atoms with van der Waals surface area (Å²) in [5, 5.41) is 3.91. The monoisotopic (exact) mass is 372 g/mol. The molecule has 7 nitrogen and oxygen atoms in total. The summed E-state index contributed by atoms with van der Waals surface area (Å²) in [5.41, 5.74) is 0.694. The van der Waals surface area contributed by atoms with Crippen LogP contribution in [-0.2, 0) is 11.3 Å². The molecule has 0 unspecified atom stereocenters. The highest BCUT2D eigenvalue weighted by Crippen LogP contribution is 2.27. The summed E-state index contributed by atoms with van der Waals surface area (Å²) in [5.74, 6) is 0.535. The van der Waals surface area contributed by atoms with E-state index in [1.807, 2.05) is 31.2 Å². The third-order valence-electron chi connectivity index (χ3n) is 3.38. The number of carbonyl (C=O) groups excluding carboxylic acids is 2. The van der Waals surface area contributed by atoms with Crippen LogP contribution >= 0.6 is 11.3 Å². The Balaban J connectivity index is 1.67. The molecule has 0 N–H and O–H groups in total. The largest absolute Gasteiger partial charge is 0.493 e. The van der Waals surface area contributed by atoms with Crippen LogP contribution in [0, 0.1) is 0 Å². The molecular weight excluding hydrogens is 356 g/mol. The first-order chi connectivity index (χ1) is 12.6. The van der Waals surface area contributed by atoms with Gasteiger partial charge in [-0.25, -0.2) is 4.79 Å². The highest BCUT2D eigenvalue weighted by atomic mass is 32.1. The lowest BCUT2D eigenvalue weighted by Gasteiger charge is -2.06. The summed E-state index contributed by atoms with van der Waals surface area (Å²) in [6.45, 7) is 3.69. The Kier molecular flexibility index (Phi) is 5.43. The van der Waals surface area contributed by atoms with E-state index >= 15 is 0 Å². The van der Waals surface area contributed by atoms with Crippen LogP contribution in [0.3, 0.4) is 0 Å². The second-order valence-electron chi connectivity index (χ2n) is 5.24. The minimum atomic E-state index is -0.544. The molecule has 0 spiro atoms. The Morgan fingerprint density at radius 3 is 2.65 bits per heavy atom. The first kappa shape index (κ1) is 17.8. The van der Waals surface area contributed by atoms with Gasteiger partial charge >= 0.3 is 5.97 Å². The van der Waals surface area contributed by atoms with E-state index in [1.165, 1.54) is 6.92 Å². The molecule has 0 aliphatic heterocycles. The van der Waals surface area contributed by atoms with Gasteiger partial charge in [-0.05, 0) is 38.1 Å². The van der Waals surface area contributed by atoms with Crippen LogP contribution in [0.2, 0.25) is 0 Å². The molecule has 3 aromatic rings. The van der Waals surface area contributed by atoms with Gasteiger partial charge in [0.25, 0.3) is 5.89 Å². The van der Waals surface area contributed by atoms with Crippen molar-refractivity contribution in [1.82, 2.24) is 10.1 Å². The summed E-state index contributed by atoms with van der Waals surface area (Å²) in [4.78, 5) is 28.4. The number of esters is 1. The minimum absolute atomic E-state index is 0.0939. The fraction of sp³-hybridized carbons (Fsp3) is 0.222. The topological polar surface area (TPSA) is 91.5 Å². The van der Waals surface area contributed by atoms with Crippen molar-refractivity contribution in [3.63, 3.8) is 0 Å². The smallest absolute Gasteiger partial charge is 0.348 e. The second kappa shape index (κ2) is 7.92. The first-order valence-electron chi connectivity index (χ1n) is 7.91. The zero-order chi connectivity index (χ0) is 18.5. The van der Waals surface area contributed by atoms with Gasteiger partial charge < -0.3 is 14.0 Å². The number of para-hydroxylation sites is 1. The molecule has 0 bridgehead atoms. The lowest BCUT2D eigenvalue weighted by atomic mass is 10.2. The molecule has 0 aliphatic rings. The Morgan fingerprint density at radius 2 is 1.92 bits per heavy atom. The number of nitrogens with zero attached hydrogens (tertiary/aromatic N) is 2. The number of hydrogen-bond donors (Lipinski definition) is 0. The summed E-state index contributed by atoms with van der Waals surface area (Å²) in [6.07, 6.45) is 0. The van der Waals surface area contributed by atoms with E-state index in [9.17, 15) is 9.59 Å². The lowest BCUT2D eigenvalue weighted by Crippen LogP contribution is -2.03. The molecule has 2 aromatic heterocycles. The van der Waals surface area contributed by atoms with Crippen molar-refractivity contribution >= 4 is 23.1 Å². The molecule has 0 aliphatic carbocycles. The molecule has 0 atom stereocenters. The fourth-order valence-corrected chi connectivity index (χ4v) is 2.99. The number of hydrogen-bond acceptors (Lipinski definition) is 8. The van der Waals surface area contributed by atoms with Gasteiger partial charge in [-0.2, -0.15) is 4.98 Å². The molecule has 2 heterocycles. The van der Waals surface area contributed by atoms with E-state index in [1.54, 1.807) is 12.1 Å². The van der Waals surface area contributed by atoms with Gasteiger partial charge in [0.1, 0.15) is 10.6 Å². The van der Waals surface area contributed by atoms with Crippen LogP contribution in [0.1, 0.15) is 39.1 Å². The molecule has 0 amide bonds. The number of rotatable bonds is 7. The second-order valence-corrected chi connectivity index (χ2v) is 6.32. The maximum Gasteiger partial charge on any atom is 0.348 e. The molecule has 1 aromatic carbocycles. The Bertz CT molecular complexity index is 931. The lowest BCUT2D eigenvalue weighted by molar-refractivity contribution is 0.0435. The van der Waals surface area contributed by atoms with Crippen LogP contribution in [0.4, 0.5) is 0 Å². The van der Waals surface area contributed by atoms with Crippen molar-refractivity contribution in [1.29, 1.82) is 0 Å². The van der Waals surface area contributed by atoms with E-state index in [-0.39, 0.29) is 18.3 Å². The highest BCUT2D eigenvalue weighted by molar-refractivity contribution is 7.15. The van der Waals surface area contributed by atoms with Crippen LogP contribution in [0.25, 0.3) is 11.4 Å². The Hall–Kier alpha value is -3.00. The van der Waals surface area contributed by atoms with Gasteiger partial charge in [0.2, 0.25) is 5.82 Å². The van der Waals surface area contributed by atoms with E-state index in [2.05, 4.69) is 10.1 Å². The van der Waals surface area contributed by atoms with Crippen molar-refractivity contribution in [2.75, 3.05) is 6.61 Å². The zero-order valence-electron chi connectivity index (χ0n) is 14.2. The average Bonchev–Trinajstić information content (AvgIpc) is 3.30. The third-order valence-corrected chi connectivity index (χ3v) is 4.54. The number of aromatic nitrogens is 2. The van der Waals surface area contributed by atoms with E-state index in [0.717, 1.165) is 11.3 Å². The van der Waals surface area contributed by atoms with E-state index in [4.69, 9.17) is 14.0 Å². The van der Waals surface area contributed by atoms with Gasteiger partial charge in [-0.15, -0.1) is 11.3 Å². The maximum atomic E-state index is 12.0. The number of thiophene rings is 1. The molecule has 26 heavy (non-hydrogen) atoms. The minimum Gasteiger partial charge on any atom is -0.493 e. The molecule has 0 saturated heterocycles. The van der Waals surface area contributed by atoms with Gasteiger partial charge in [0.15, 0.2) is 12.4 Å². The molecule has 3 rings (SSSR count). The number of ketones is 1. The van der Waals surface area contributed by atoms with Crippen molar-refractivity contribution in [3.05, 3.63) is 52.0 Å². The highest BCUT2D eigenvalue weighted by Gasteiger charge is 2.16. The molecule has 0 saturated carbocycles. The van der Waals surface area contributed by atoms with Crippen LogP contribution in [0.5, 0.6) is 5.75 Å².